The van der Waals surface area contributed by atoms with Crippen LogP contribution < -0.4 is 0 Å². The first-order valence-electron chi connectivity index (χ1n) is 10.7. The quantitative estimate of drug-likeness (QED) is 0.296. The molecule has 32 heavy (non-hydrogen) atoms. The van der Waals surface area contributed by atoms with Gasteiger partial charge in [-0.05, 0) is 43.4 Å². The minimum Gasteiger partial charge on any atom is -0.373 e. The third-order valence-electron chi connectivity index (χ3n) is 6.02. The highest BCUT2D eigenvalue weighted by atomic mass is 19.2. The molecule has 1 saturated heterocycles. The Hall–Kier alpha value is -2.92. The smallest absolute Gasteiger partial charge is 0.167 e. The lowest BCUT2D eigenvalue weighted by molar-refractivity contribution is -0.00743. The number of benzene rings is 3. The molecule has 0 saturated carbocycles. The molecule has 0 aromatic heterocycles. The Morgan fingerprint density at radius 1 is 0.750 bits per heavy atom. The van der Waals surface area contributed by atoms with Crippen LogP contribution in [0.5, 0.6) is 0 Å². The van der Waals surface area contributed by atoms with Gasteiger partial charge in [0.15, 0.2) is 23.3 Å². The van der Waals surface area contributed by atoms with Crippen molar-refractivity contribution in [2.24, 2.45) is 5.92 Å². The van der Waals surface area contributed by atoms with Crippen molar-refractivity contribution in [1.82, 2.24) is 0 Å². The number of hydrogen-bond donors (Lipinski definition) is 0. The van der Waals surface area contributed by atoms with Crippen LogP contribution in [0.15, 0.2) is 60.7 Å². The molecule has 0 amide bonds. The van der Waals surface area contributed by atoms with Crippen molar-refractivity contribution in [3.05, 3.63) is 95.1 Å². The molecule has 3 aromatic carbocycles. The van der Waals surface area contributed by atoms with Gasteiger partial charge >= 0.3 is 0 Å². The number of rotatable bonds is 4. The topological polar surface area (TPSA) is 9.23 Å². The van der Waals surface area contributed by atoms with Gasteiger partial charge in [-0.15, -0.1) is 0 Å². The van der Waals surface area contributed by atoms with Crippen LogP contribution in [-0.2, 0) is 4.74 Å². The highest BCUT2D eigenvalue weighted by Gasteiger charge is 2.26. The van der Waals surface area contributed by atoms with Crippen LogP contribution in [0.1, 0.15) is 37.0 Å². The molecule has 0 radical (unpaired) electrons. The minimum atomic E-state index is -0.943. The Balaban J connectivity index is 1.58. The summed E-state index contributed by atoms with van der Waals surface area (Å²) in [6.45, 7) is 3.92. The molecule has 2 unspecified atom stereocenters. The molecule has 2 atom stereocenters. The lowest BCUT2D eigenvalue weighted by Crippen LogP contribution is -2.20. The Labute approximate surface area is 185 Å². The van der Waals surface area contributed by atoms with Crippen molar-refractivity contribution in [2.75, 3.05) is 6.61 Å². The normalized spacial score (nSPS) is 18.9. The van der Waals surface area contributed by atoms with Crippen LogP contribution in [0.25, 0.3) is 22.3 Å². The van der Waals surface area contributed by atoms with Gasteiger partial charge in [0, 0.05) is 22.6 Å². The Bertz CT molecular complexity index is 1140. The van der Waals surface area contributed by atoms with E-state index in [1.165, 1.54) is 25.1 Å². The fourth-order valence-corrected chi connectivity index (χ4v) is 4.18. The number of aryl methyl sites for hydroxylation is 1. The van der Waals surface area contributed by atoms with Crippen LogP contribution in [0.4, 0.5) is 17.6 Å². The van der Waals surface area contributed by atoms with E-state index in [1.807, 2.05) is 13.0 Å². The van der Waals surface area contributed by atoms with E-state index in [-0.39, 0.29) is 22.3 Å². The lowest BCUT2D eigenvalue weighted by atomic mass is 9.92. The molecule has 3 aromatic rings. The predicted octanol–water partition coefficient (Wildman–Crippen LogP) is 7.93. The molecule has 0 N–H and O–H groups in total. The van der Waals surface area contributed by atoms with Crippen molar-refractivity contribution < 1.29 is 22.3 Å². The second-order valence-corrected chi connectivity index (χ2v) is 8.15. The SMILES string of the molecule is CC=CC1CCC(c2ccc(-c3ccc(-c4ccc(C)c(F)c4F)cc3)c(F)c2F)OC1. The molecule has 1 aliphatic rings. The first kappa shape index (κ1) is 22.3. The molecule has 1 fully saturated rings. The lowest BCUT2D eigenvalue weighted by Gasteiger charge is -2.28. The molecular formula is C27H24F4O. The van der Waals surface area contributed by atoms with Crippen LogP contribution in [0, 0.1) is 36.1 Å². The Morgan fingerprint density at radius 3 is 1.91 bits per heavy atom. The van der Waals surface area contributed by atoms with Crippen molar-refractivity contribution in [1.29, 1.82) is 0 Å². The van der Waals surface area contributed by atoms with Gasteiger partial charge in [-0.1, -0.05) is 60.7 Å². The van der Waals surface area contributed by atoms with E-state index >= 15 is 0 Å². The Morgan fingerprint density at radius 2 is 1.34 bits per heavy atom. The molecule has 1 nitrogen and oxygen atoms in total. The van der Waals surface area contributed by atoms with Gasteiger partial charge in [-0.25, -0.2) is 17.6 Å². The van der Waals surface area contributed by atoms with Crippen LogP contribution >= 0.6 is 0 Å². The van der Waals surface area contributed by atoms with Crippen molar-refractivity contribution in [3.63, 3.8) is 0 Å². The number of ether oxygens (including phenoxy) is 1. The number of hydrogen-bond acceptors (Lipinski definition) is 1. The zero-order valence-corrected chi connectivity index (χ0v) is 18.0. The third kappa shape index (κ3) is 4.22. The van der Waals surface area contributed by atoms with Crippen molar-refractivity contribution >= 4 is 0 Å². The molecular weight excluding hydrogens is 416 g/mol. The van der Waals surface area contributed by atoms with E-state index in [1.54, 1.807) is 30.3 Å². The molecule has 0 spiro atoms. The van der Waals surface area contributed by atoms with Crippen molar-refractivity contribution in [2.45, 2.75) is 32.8 Å². The van der Waals surface area contributed by atoms with E-state index in [0.29, 0.717) is 30.1 Å². The van der Waals surface area contributed by atoms with Crippen LogP contribution in [-0.4, -0.2) is 6.61 Å². The summed E-state index contributed by atoms with van der Waals surface area (Å²) < 4.78 is 63.8. The minimum absolute atomic E-state index is 0.107. The van der Waals surface area contributed by atoms with E-state index in [0.717, 1.165) is 6.42 Å². The highest BCUT2D eigenvalue weighted by molar-refractivity contribution is 5.71. The largest absolute Gasteiger partial charge is 0.373 e. The van der Waals surface area contributed by atoms with Crippen LogP contribution in [0.2, 0.25) is 0 Å². The summed E-state index contributed by atoms with van der Waals surface area (Å²) in [4.78, 5) is 0. The van der Waals surface area contributed by atoms with Gasteiger partial charge < -0.3 is 4.74 Å². The summed E-state index contributed by atoms with van der Waals surface area (Å²) in [5, 5.41) is 0. The van der Waals surface area contributed by atoms with Gasteiger partial charge in [0.05, 0.1) is 12.7 Å². The molecule has 166 valence electrons. The summed E-state index contributed by atoms with van der Waals surface area (Å²) in [5.74, 6) is -3.37. The first-order valence-corrected chi connectivity index (χ1v) is 10.7. The number of halogens is 4. The summed E-state index contributed by atoms with van der Waals surface area (Å²) in [5.41, 5.74) is 1.57. The molecule has 0 bridgehead atoms. The van der Waals surface area contributed by atoms with Gasteiger partial charge in [0.2, 0.25) is 0 Å². The summed E-state index contributed by atoms with van der Waals surface area (Å²) in [6.07, 6.45) is 5.05. The van der Waals surface area contributed by atoms with Gasteiger partial charge in [-0.2, -0.15) is 0 Å². The second-order valence-electron chi connectivity index (χ2n) is 8.15. The zero-order chi connectivity index (χ0) is 22.8. The summed E-state index contributed by atoms with van der Waals surface area (Å²) in [7, 11) is 0. The predicted molar refractivity (Wildman–Crippen MR) is 118 cm³/mol. The molecule has 1 aliphatic heterocycles. The number of allylic oxidation sites excluding steroid dienone is 1. The first-order chi connectivity index (χ1) is 15.4. The standard InChI is InChI=1S/C27H24F4O/c1-3-4-17-6-14-23(32-15-17)22-13-12-21(26(30)27(22)31)19-9-7-18(8-10-19)20-11-5-16(2)24(28)25(20)29/h3-5,7-13,17,23H,6,14-15H2,1-2H3. The Kier molecular flexibility index (Phi) is 6.47. The zero-order valence-electron chi connectivity index (χ0n) is 18.0. The van der Waals surface area contributed by atoms with E-state index in [4.69, 9.17) is 4.74 Å². The summed E-state index contributed by atoms with van der Waals surface area (Å²) >= 11 is 0. The molecule has 5 heteroatoms. The average molecular weight is 440 g/mol. The van der Waals surface area contributed by atoms with E-state index in [9.17, 15) is 17.6 Å². The maximum atomic E-state index is 14.9. The van der Waals surface area contributed by atoms with E-state index in [2.05, 4.69) is 6.08 Å². The average Bonchev–Trinajstić information content (AvgIpc) is 2.81. The highest BCUT2D eigenvalue weighted by Crippen LogP contribution is 2.36. The molecule has 1 heterocycles. The second kappa shape index (κ2) is 9.29. The van der Waals surface area contributed by atoms with Gasteiger partial charge in [-0.3, -0.25) is 0 Å². The summed E-state index contributed by atoms with van der Waals surface area (Å²) in [6, 6.07) is 12.4. The van der Waals surface area contributed by atoms with Crippen molar-refractivity contribution in [3.8, 4) is 22.3 Å². The molecule has 4 rings (SSSR count). The maximum Gasteiger partial charge on any atom is 0.167 e. The maximum absolute atomic E-state index is 14.9. The monoisotopic (exact) mass is 440 g/mol. The van der Waals surface area contributed by atoms with Crippen LogP contribution in [0.3, 0.4) is 0 Å². The van der Waals surface area contributed by atoms with Gasteiger partial charge in [0.25, 0.3) is 0 Å². The van der Waals surface area contributed by atoms with E-state index < -0.39 is 29.4 Å². The fourth-order valence-electron chi connectivity index (χ4n) is 4.18. The molecule has 0 aliphatic carbocycles. The fraction of sp³-hybridized carbons (Fsp3) is 0.259. The van der Waals surface area contributed by atoms with Gasteiger partial charge in [0.1, 0.15) is 0 Å². The third-order valence-corrected chi connectivity index (χ3v) is 6.02.